The zero-order valence-corrected chi connectivity index (χ0v) is 9.38. The minimum Gasteiger partial charge on any atom is -0.289 e. The van der Waals surface area contributed by atoms with Gasteiger partial charge in [0.05, 0.1) is 6.54 Å². The second-order valence-electron chi connectivity index (χ2n) is 3.79. The smallest absolute Gasteiger partial charge is 0.0612 e. The lowest BCUT2D eigenvalue weighted by atomic mass is 10.1. The Labute approximate surface area is 88.0 Å². The van der Waals surface area contributed by atoms with Gasteiger partial charge in [-0.05, 0) is 35.7 Å². The van der Waals surface area contributed by atoms with Crippen molar-refractivity contribution in [3.05, 3.63) is 0 Å². The first-order chi connectivity index (χ1) is 5.92. The summed E-state index contributed by atoms with van der Waals surface area (Å²) in [4.78, 5) is 2.57. The van der Waals surface area contributed by atoms with E-state index < -0.39 is 0 Å². The minimum atomic E-state index is 0.891. The quantitative estimate of drug-likeness (QED) is 0.524. The van der Waals surface area contributed by atoms with Crippen LogP contribution in [0.1, 0.15) is 25.7 Å². The van der Waals surface area contributed by atoms with Crippen molar-refractivity contribution in [1.29, 1.82) is 0 Å². The highest BCUT2D eigenvalue weighted by atomic mass is 127. The van der Waals surface area contributed by atoms with Crippen LogP contribution in [0.15, 0.2) is 0 Å². The summed E-state index contributed by atoms with van der Waals surface area (Å²) in [5.74, 6) is 4.18. The number of hydrogen-bond acceptors (Lipinski definition) is 1. The van der Waals surface area contributed by atoms with Crippen LogP contribution in [0.2, 0.25) is 0 Å². The molecule has 66 valence electrons. The molecule has 0 radical (unpaired) electrons. The average molecular weight is 275 g/mol. The van der Waals surface area contributed by atoms with Gasteiger partial charge in [0.25, 0.3) is 0 Å². The lowest BCUT2D eigenvalue weighted by Crippen LogP contribution is -2.30. The highest BCUT2D eigenvalue weighted by Gasteiger charge is 2.36. The Hall–Kier alpha value is 0.250. The van der Waals surface area contributed by atoms with Crippen molar-refractivity contribution in [3.8, 4) is 9.85 Å². The Kier molecular flexibility index (Phi) is 2.92. The van der Waals surface area contributed by atoms with E-state index >= 15 is 0 Å². The average Bonchev–Trinajstić information content (AvgIpc) is 2.62. The van der Waals surface area contributed by atoms with Crippen molar-refractivity contribution in [2.24, 2.45) is 5.92 Å². The molecule has 0 amide bonds. The third kappa shape index (κ3) is 1.62. The summed E-state index contributed by atoms with van der Waals surface area (Å²) in [6.07, 6.45) is 5.77. The monoisotopic (exact) mass is 275 g/mol. The van der Waals surface area contributed by atoms with Crippen molar-refractivity contribution in [2.75, 3.05) is 13.1 Å². The lowest BCUT2D eigenvalue weighted by Gasteiger charge is -2.20. The van der Waals surface area contributed by atoms with Crippen LogP contribution in [0.4, 0.5) is 0 Å². The van der Waals surface area contributed by atoms with Gasteiger partial charge in [-0.3, -0.25) is 4.90 Å². The van der Waals surface area contributed by atoms with Gasteiger partial charge in [0.15, 0.2) is 0 Å². The van der Waals surface area contributed by atoms with E-state index in [4.69, 9.17) is 0 Å². The van der Waals surface area contributed by atoms with Gasteiger partial charge in [0, 0.05) is 28.6 Å². The van der Waals surface area contributed by atoms with E-state index in [9.17, 15) is 0 Å². The lowest BCUT2D eigenvalue weighted by molar-refractivity contribution is 0.270. The van der Waals surface area contributed by atoms with Crippen molar-refractivity contribution in [2.45, 2.75) is 31.7 Å². The molecule has 12 heavy (non-hydrogen) atoms. The molecule has 1 saturated carbocycles. The number of likely N-dealkylation sites (tertiary alicyclic amines) is 1. The van der Waals surface area contributed by atoms with Gasteiger partial charge in [-0.1, -0.05) is 12.3 Å². The molecule has 2 unspecified atom stereocenters. The Morgan fingerprint density at radius 1 is 1.33 bits per heavy atom. The molecule has 0 bridgehead atoms. The van der Waals surface area contributed by atoms with Gasteiger partial charge < -0.3 is 0 Å². The third-order valence-electron chi connectivity index (χ3n) is 3.22. The molecule has 1 heterocycles. The van der Waals surface area contributed by atoms with Gasteiger partial charge in [-0.25, -0.2) is 0 Å². The van der Waals surface area contributed by atoms with Crippen LogP contribution in [-0.4, -0.2) is 24.0 Å². The first kappa shape index (κ1) is 8.83. The van der Waals surface area contributed by atoms with Crippen molar-refractivity contribution < 1.29 is 0 Å². The fourth-order valence-corrected chi connectivity index (χ4v) is 2.83. The number of nitrogens with zero attached hydrogens (tertiary/aromatic N) is 1. The second kappa shape index (κ2) is 3.97. The molecule has 0 aromatic rings. The fourth-order valence-electron chi connectivity index (χ4n) is 2.66. The number of fused-ring (bicyclic) bond motifs is 1. The molecule has 0 aromatic heterocycles. The second-order valence-corrected chi connectivity index (χ2v) is 4.33. The first-order valence-electron chi connectivity index (χ1n) is 4.74. The summed E-state index contributed by atoms with van der Waals surface area (Å²) in [7, 11) is 0. The summed E-state index contributed by atoms with van der Waals surface area (Å²) in [6, 6.07) is 0.891. The predicted octanol–water partition coefficient (Wildman–Crippen LogP) is 2.26. The van der Waals surface area contributed by atoms with Crippen molar-refractivity contribution in [1.82, 2.24) is 4.90 Å². The highest BCUT2D eigenvalue weighted by molar-refractivity contribution is 14.1. The zero-order valence-electron chi connectivity index (χ0n) is 7.22. The van der Waals surface area contributed by atoms with Crippen LogP contribution in [0.5, 0.6) is 0 Å². The van der Waals surface area contributed by atoms with E-state index in [2.05, 4.69) is 37.3 Å². The predicted molar refractivity (Wildman–Crippen MR) is 59.1 cm³/mol. The summed E-state index contributed by atoms with van der Waals surface area (Å²) in [6.45, 7) is 2.30. The maximum atomic E-state index is 3.17. The van der Waals surface area contributed by atoms with Crippen LogP contribution in [0.3, 0.4) is 0 Å². The maximum absolute atomic E-state index is 3.17. The molecule has 1 nitrogen and oxygen atoms in total. The van der Waals surface area contributed by atoms with Crippen molar-refractivity contribution in [3.63, 3.8) is 0 Å². The third-order valence-corrected chi connectivity index (χ3v) is 3.61. The molecule has 1 aliphatic heterocycles. The van der Waals surface area contributed by atoms with Gasteiger partial charge in [0.2, 0.25) is 0 Å². The number of hydrogen-bond donors (Lipinski definition) is 0. The molecular formula is C10H14IN. The summed E-state index contributed by atoms with van der Waals surface area (Å²) >= 11 is 2.13. The summed E-state index contributed by atoms with van der Waals surface area (Å²) < 4.78 is 2.95. The van der Waals surface area contributed by atoms with E-state index in [1.165, 1.54) is 32.2 Å². The SMILES string of the molecule is IC#CCN1CCC2CCCC21. The molecule has 1 aliphatic carbocycles. The van der Waals surface area contributed by atoms with Crippen LogP contribution in [0.25, 0.3) is 0 Å². The standard InChI is InChI=1S/C10H14IN/c11-6-2-7-12-8-5-9-3-1-4-10(9)12/h9-10H,1,3-5,7-8H2. The Bertz CT molecular complexity index is 216. The number of halogens is 1. The fraction of sp³-hybridized carbons (Fsp3) is 0.800. The molecular weight excluding hydrogens is 261 g/mol. The Morgan fingerprint density at radius 3 is 3.08 bits per heavy atom. The van der Waals surface area contributed by atoms with E-state index in [0.717, 1.165) is 18.5 Å². The van der Waals surface area contributed by atoms with Crippen LogP contribution < -0.4 is 0 Å². The van der Waals surface area contributed by atoms with E-state index in [1.54, 1.807) is 0 Å². The normalized spacial score (nSPS) is 34.4. The first-order valence-corrected chi connectivity index (χ1v) is 5.82. The van der Waals surface area contributed by atoms with Gasteiger partial charge in [0.1, 0.15) is 0 Å². The molecule has 2 heteroatoms. The molecule has 2 aliphatic rings. The topological polar surface area (TPSA) is 3.24 Å². The Morgan fingerprint density at radius 2 is 2.25 bits per heavy atom. The molecule has 2 rings (SSSR count). The van der Waals surface area contributed by atoms with Gasteiger partial charge in [-0.15, -0.1) is 0 Å². The van der Waals surface area contributed by atoms with Crippen molar-refractivity contribution >= 4 is 22.6 Å². The molecule has 1 saturated heterocycles. The molecule has 0 N–H and O–H groups in total. The molecule has 0 aromatic carbocycles. The van der Waals surface area contributed by atoms with Crippen LogP contribution in [0, 0.1) is 15.8 Å². The molecule has 0 spiro atoms. The molecule has 2 fully saturated rings. The summed E-state index contributed by atoms with van der Waals surface area (Å²) in [5, 5.41) is 0. The number of rotatable bonds is 1. The van der Waals surface area contributed by atoms with Crippen LogP contribution in [-0.2, 0) is 0 Å². The highest BCUT2D eigenvalue weighted by Crippen LogP contribution is 2.37. The minimum absolute atomic E-state index is 0.891. The van der Waals surface area contributed by atoms with E-state index in [-0.39, 0.29) is 0 Å². The van der Waals surface area contributed by atoms with E-state index in [0.29, 0.717) is 0 Å². The Balaban J connectivity index is 1.93. The van der Waals surface area contributed by atoms with E-state index in [1.807, 2.05) is 0 Å². The maximum Gasteiger partial charge on any atom is 0.0612 e. The largest absolute Gasteiger partial charge is 0.289 e. The van der Waals surface area contributed by atoms with Gasteiger partial charge in [-0.2, -0.15) is 0 Å². The zero-order chi connectivity index (χ0) is 8.39. The van der Waals surface area contributed by atoms with Crippen LogP contribution >= 0.6 is 22.6 Å². The molecule has 2 atom stereocenters. The van der Waals surface area contributed by atoms with Gasteiger partial charge >= 0.3 is 0 Å². The summed E-state index contributed by atoms with van der Waals surface area (Å²) in [5.41, 5.74) is 0.